The zero-order valence-corrected chi connectivity index (χ0v) is 11.8. The molecule has 2 atom stereocenters. The second kappa shape index (κ2) is 5.02. The molecule has 4 heteroatoms. The van der Waals surface area contributed by atoms with Crippen molar-refractivity contribution in [2.75, 3.05) is 11.5 Å². The highest BCUT2D eigenvalue weighted by Gasteiger charge is 2.29. The Morgan fingerprint density at radius 1 is 1.39 bits per heavy atom. The van der Waals surface area contributed by atoms with Gasteiger partial charge in [-0.3, -0.25) is 0 Å². The summed E-state index contributed by atoms with van der Waals surface area (Å²) in [5.74, 6) is 0.869. The van der Waals surface area contributed by atoms with Crippen LogP contribution in [0, 0.1) is 19.8 Å². The topological polar surface area (TPSA) is 60.2 Å². The van der Waals surface area contributed by atoms with Crippen LogP contribution in [-0.4, -0.2) is 19.9 Å². The van der Waals surface area contributed by atoms with Crippen LogP contribution < -0.4 is 5.73 Å². The van der Waals surface area contributed by atoms with Gasteiger partial charge in [-0.1, -0.05) is 23.8 Å². The second-order valence-corrected chi connectivity index (χ2v) is 7.70. The molecule has 1 heterocycles. The number of sulfone groups is 1. The van der Waals surface area contributed by atoms with Gasteiger partial charge in [0.1, 0.15) is 0 Å². The maximum Gasteiger partial charge on any atom is 0.150 e. The summed E-state index contributed by atoms with van der Waals surface area (Å²) in [5, 5.41) is 0. The van der Waals surface area contributed by atoms with Crippen molar-refractivity contribution in [1.29, 1.82) is 0 Å². The van der Waals surface area contributed by atoms with Crippen LogP contribution in [0.5, 0.6) is 0 Å². The highest BCUT2D eigenvalue weighted by molar-refractivity contribution is 7.91. The van der Waals surface area contributed by atoms with E-state index in [0.29, 0.717) is 11.5 Å². The first-order chi connectivity index (χ1) is 8.37. The zero-order chi connectivity index (χ0) is 13.3. The summed E-state index contributed by atoms with van der Waals surface area (Å²) < 4.78 is 22.9. The van der Waals surface area contributed by atoms with Crippen LogP contribution in [0.15, 0.2) is 18.2 Å². The van der Waals surface area contributed by atoms with Crippen molar-refractivity contribution in [3.8, 4) is 0 Å². The zero-order valence-electron chi connectivity index (χ0n) is 11.0. The Labute approximate surface area is 109 Å². The van der Waals surface area contributed by atoms with Gasteiger partial charge in [-0.05, 0) is 43.7 Å². The molecule has 0 spiro atoms. The number of hydrogen-bond donors (Lipinski definition) is 1. The minimum Gasteiger partial charge on any atom is -0.324 e. The molecule has 1 aromatic rings. The maximum absolute atomic E-state index is 11.4. The molecule has 0 aliphatic carbocycles. The van der Waals surface area contributed by atoms with Crippen LogP contribution in [0.3, 0.4) is 0 Å². The average Bonchev–Trinajstić information content (AvgIpc) is 2.57. The summed E-state index contributed by atoms with van der Waals surface area (Å²) in [6, 6.07) is 6.20. The van der Waals surface area contributed by atoms with Gasteiger partial charge < -0.3 is 5.73 Å². The van der Waals surface area contributed by atoms with Crippen LogP contribution in [0.25, 0.3) is 0 Å². The van der Waals surface area contributed by atoms with E-state index in [1.54, 1.807) is 0 Å². The Hall–Kier alpha value is -0.870. The summed E-state index contributed by atoms with van der Waals surface area (Å²) in [7, 11) is -2.80. The third kappa shape index (κ3) is 3.12. The summed E-state index contributed by atoms with van der Waals surface area (Å²) >= 11 is 0. The summed E-state index contributed by atoms with van der Waals surface area (Å²) in [5.41, 5.74) is 9.79. The van der Waals surface area contributed by atoms with Crippen LogP contribution >= 0.6 is 0 Å². The van der Waals surface area contributed by atoms with Crippen molar-refractivity contribution in [2.24, 2.45) is 11.7 Å². The van der Waals surface area contributed by atoms with Crippen molar-refractivity contribution < 1.29 is 8.42 Å². The largest absolute Gasteiger partial charge is 0.324 e. The van der Waals surface area contributed by atoms with Gasteiger partial charge >= 0.3 is 0 Å². The molecule has 1 aromatic carbocycles. The van der Waals surface area contributed by atoms with Gasteiger partial charge in [0.15, 0.2) is 9.84 Å². The van der Waals surface area contributed by atoms with E-state index in [4.69, 9.17) is 5.73 Å². The Morgan fingerprint density at radius 3 is 2.67 bits per heavy atom. The molecule has 0 saturated carbocycles. The molecule has 1 fully saturated rings. The molecule has 3 nitrogen and oxygen atoms in total. The van der Waals surface area contributed by atoms with Gasteiger partial charge in [-0.25, -0.2) is 8.42 Å². The van der Waals surface area contributed by atoms with E-state index in [9.17, 15) is 8.42 Å². The molecule has 1 aliphatic heterocycles. The first-order valence-electron chi connectivity index (χ1n) is 6.40. The number of rotatable bonds is 3. The Bertz CT molecular complexity index is 537. The number of benzene rings is 1. The molecule has 1 aliphatic rings. The molecular formula is C14H21NO2S. The van der Waals surface area contributed by atoms with Gasteiger partial charge in [-0.15, -0.1) is 0 Å². The predicted octanol–water partition coefficient (Wildman–Crippen LogP) is 2.13. The minimum atomic E-state index is -2.80. The van der Waals surface area contributed by atoms with Crippen molar-refractivity contribution in [3.63, 3.8) is 0 Å². The van der Waals surface area contributed by atoms with Crippen LogP contribution in [-0.2, 0) is 9.84 Å². The first kappa shape index (κ1) is 13.6. The normalized spacial score (nSPS) is 24.1. The molecule has 2 unspecified atom stereocenters. The summed E-state index contributed by atoms with van der Waals surface area (Å²) in [6.45, 7) is 4.12. The smallest absolute Gasteiger partial charge is 0.150 e. The number of aryl methyl sites for hydroxylation is 2. The minimum absolute atomic E-state index is 0.0519. The fourth-order valence-electron chi connectivity index (χ4n) is 2.79. The standard InChI is InChI=1S/C14H21NO2S/c1-10-3-4-13(11(2)7-10)14(15)8-12-5-6-18(16,17)9-12/h3-4,7,12,14H,5-6,8-9,15H2,1-2H3. The molecule has 1 saturated heterocycles. The third-order valence-corrected chi connectivity index (χ3v) is 5.58. The number of hydrogen-bond acceptors (Lipinski definition) is 3. The quantitative estimate of drug-likeness (QED) is 0.912. The fraction of sp³-hybridized carbons (Fsp3) is 0.571. The van der Waals surface area contributed by atoms with Gasteiger partial charge in [-0.2, -0.15) is 0 Å². The molecule has 0 amide bonds. The average molecular weight is 267 g/mol. The molecule has 18 heavy (non-hydrogen) atoms. The van der Waals surface area contributed by atoms with Crippen LogP contribution in [0.1, 0.15) is 35.6 Å². The fourth-order valence-corrected chi connectivity index (χ4v) is 4.67. The van der Waals surface area contributed by atoms with Gasteiger partial charge in [0.2, 0.25) is 0 Å². The summed E-state index contributed by atoms with van der Waals surface area (Å²) in [6.07, 6.45) is 1.53. The first-order valence-corrected chi connectivity index (χ1v) is 8.23. The Balaban J connectivity index is 2.06. The lowest BCUT2D eigenvalue weighted by Crippen LogP contribution is -2.17. The van der Waals surface area contributed by atoms with Gasteiger partial charge in [0.05, 0.1) is 11.5 Å². The van der Waals surface area contributed by atoms with Gasteiger partial charge in [0, 0.05) is 6.04 Å². The third-order valence-electron chi connectivity index (χ3n) is 3.74. The maximum atomic E-state index is 11.4. The van der Waals surface area contributed by atoms with E-state index in [2.05, 4.69) is 32.0 Å². The molecule has 100 valence electrons. The van der Waals surface area contributed by atoms with E-state index in [-0.39, 0.29) is 12.0 Å². The highest BCUT2D eigenvalue weighted by Crippen LogP contribution is 2.29. The molecular weight excluding hydrogens is 246 g/mol. The van der Waals surface area contributed by atoms with Crippen LogP contribution in [0.2, 0.25) is 0 Å². The van der Waals surface area contributed by atoms with Crippen molar-refractivity contribution in [2.45, 2.75) is 32.7 Å². The molecule has 0 radical (unpaired) electrons. The van der Waals surface area contributed by atoms with Gasteiger partial charge in [0.25, 0.3) is 0 Å². The van der Waals surface area contributed by atoms with Crippen molar-refractivity contribution >= 4 is 9.84 Å². The van der Waals surface area contributed by atoms with E-state index in [1.807, 2.05) is 0 Å². The molecule has 2 rings (SSSR count). The van der Waals surface area contributed by atoms with E-state index >= 15 is 0 Å². The van der Waals surface area contributed by atoms with Crippen molar-refractivity contribution in [1.82, 2.24) is 0 Å². The van der Waals surface area contributed by atoms with Crippen LogP contribution in [0.4, 0.5) is 0 Å². The molecule has 0 aromatic heterocycles. The predicted molar refractivity (Wildman–Crippen MR) is 74.2 cm³/mol. The highest BCUT2D eigenvalue weighted by atomic mass is 32.2. The molecule has 0 bridgehead atoms. The lowest BCUT2D eigenvalue weighted by atomic mass is 9.92. The molecule has 2 N–H and O–H groups in total. The number of nitrogens with two attached hydrogens (primary N) is 1. The SMILES string of the molecule is Cc1ccc(C(N)CC2CCS(=O)(=O)C2)c(C)c1. The lowest BCUT2D eigenvalue weighted by molar-refractivity contribution is 0.480. The summed E-state index contributed by atoms with van der Waals surface area (Å²) in [4.78, 5) is 0. The van der Waals surface area contributed by atoms with E-state index < -0.39 is 9.84 Å². The Morgan fingerprint density at radius 2 is 2.11 bits per heavy atom. The monoisotopic (exact) mass is 267 g/mol. The lowest BCUT2D eigenvalue weighted by Gasteiger charge is -2.18. The Kier molecular flexibility index (Phi) is 3.78. The van der Waals surface area contributed by atoms with E-state index in [1.165, 1.54) is 11.1 Å². The second-order valence-electron chi connectivity index (χ2n) is 5.47. The van der Waals surface area contributed by atoms with E-state index in [0.717, 1.165) is 18.4 Å². The van der Waals surface area contributed by atoms with Crippen molar-refractivity contribution in [3.05, 3.63) is 34.9 Å².